The molecule has 2 aromatic carbocycles. The molecule has 0 radical (unpaired) electrons. The van der Waals surface area contributed by atoms with Gasteiger partial charge in [0.1, 0.15) is 17.3 Å². The molecule has 1 aliphatic carbocycles. The fourth-order valence-electron chi connectivity index (χ4n) is 2.63. The number of carbonyl (C=O) groups is 2. The normalized spacial score (nSPS) is 18.5. The zero-order chi connectivity index (χ0) is 18.0. The topological polar surface area (TPSA) is 58.2 Å². The van der Waals surface area contributed by atoms with Crippen LogP contribution in [0.4, 0.5) is 14.5 Å². The van der Waals surface area contributed by atoms with Gasteiger partial charge in [0.25, 0.3) is 0 Å². The van der Waals surface area contributed by atoms with E-state index < -0.39 is 35.1 Å². The first-order valence-corrected chi connectivity index (χ1v) is 8.04. The quantitative estimate of drug-likeness (QED) is 0.875. The summed E-state index contributed by atoms with van der Waals surface area (Å²) in [5.41, 5.74) is 1.63. The van der Waals surface area contributed by atoms with Crippen molar-refractivity contribution >= 4 is 17.5 Å². The molecule has 2 N–H and O–H groups in total. The summed E-state index contributed by atoms with van der Waals surface area (Å²) in [6.45, 7) is 2.36. The molecule has 2 amide bonds. The van der Waals surface area contributed by atoms with E-state index in [0.29, 0.717) is 13.0 Å². The molecular weight excluding hydrogens is 326 g/mol. The number of hydrogen-bond acceptors (Lipinski definition) is 2. The Kier molecular flexibility index (Phi) is 4.79. The number of benzene rings is 2. The van der Waals surface area contributed by atoms with Gasteiger partial charge in [-0.1, -0.05) is 35.9 Å². The molecule has 0 saturated heterocycles. The van der Waals surface area contributed by atoms with Crippen LogP contribution in [0.2, 0.25) is 0 Å². The molecule has 4 nitrogen and oxygen atoms in total. The highest BCUT2D eigenvalue weighted by Gasteiger charge is 2.48. The molecule has 130 valence electrons. The van der Waals surface area contributed by atoms with Crippen LogP contribution in [-0.4, -0.2) is 11.8 Å². The number of amides is 2. The maximum atomic E-state index is 13.6. The lowest BCUT2D eigenvalue weighted by atomic mass is 10.1. The number of aryl methyl sites for hydroxylation is 1. The van der Waals surface area contributed by atoms with Crippen LogP contribution in [0.3, 0.4) is 0 Å². The van der Waals surface area contributed by atoms with E-state index in [0.717, 1.165) is 23.3 Å². The van der Waals surface area contributed by atoms with Crippen molar-refractivity contribution in [3.8, 4) is 0 Å². The van der Waals surface area contributed by atoms with Crippen LogP contribution in [0.1, 0.15) is 17.5 Å². The Labute approximate surface area is 144 Å². The van der Waals surface area contributed by atoms with Gasteiger partial charge < -0.3 is 10.6 Å². The van der Waals surface area contributed by atoms with E-state index in [1.54, 1.807) is 0 Å². The second kappa shape index (κ2) is 7.01. The fourth-order valence-corrected chi connectivity index (χ4v) is 2.63. The second-order valence-corrected chi connectivity index (χ2v) is 6.24. The largest absolute Gasteiger partial charge is 0.352 e. The minimum atomic E-state index is -0.839. The number of carbonyl (C=O) groups excluding carboxylic acids is 2. The summed E-state index contributed by atoms with van der Waals surface area (Å²) in [6, 6.07) is 11.1. The van der Waals surface area contributed by atoms with Crippen LogP contribution in [0, 0.1) is 30.4 Å². The summed E-state index contributed by atoms with van der Waals surface area (Å²) in [4.78, 5) is 24.2. The van der Waals surface area contributed by atoms with Gasteiger partial charge in [-0.25, -0.2) is 8.78 Å². The summed E-state index contributed by atoms with van der Waals surface area (Å²) < 4.78 is 27.1. The summed E-state index contributed by atoms with van der Waals surface area (Å²) in [7, 11) is 0. The number of halogens is 2. The number of para-hydroxylation sites is 1. The van der Waals surface area contributed by atoms with Crippen molar-refractivity contribution in [2.24, 2.45) is 11.8 Å². The Hall–Kier alpha value is -2.76. The van der Waals surface area contributed by atoms with E-state index in [4.69, 9.17) is 0 Å². The molecule has 25 heavy (non-hydrogen) atoms. The van der Waals surface area contributed by atoms with Crippen molar-refractivity contribution < 1.29 is 18.4 Å². The van der Waals surface area contributed by atoms with Crippen molar-refractivity contribution in [1.29, 1.82) is 0 Å². The SMILES string of the molecule is Cc1ccc(CNC(=O)C2CC2C(=O)Nc2c(F)cccc2F)cc1. The van der Waals surface area contributed by atoms with Crippen LogP contribution in [-0.2, 0) is 16.1 Å². The van der Waals surface area contributed by atoms with Gasteiger partial charge >= 0.3 is 0 Å². The lowest BCUT2D eigenvalue weighted by Crippen LogP contribution is -2.27. The van der Waals surface area contributed by atoms with Crippen LogP contribution in [0.25, 0.3) is 0 Å². The van der Waals surface area contributed by atoms with E-state index in [1.807, 2.05) is 31.2 Å². The van der Waals surface area contributed by atoms with Crippen LogP contribution in [0.15, 0.2) is 42.5 Å². The molecule has 2 aromatic rings. The Balaban J connectivity index is 1.52. The first kappa shape index (κ1) is 17.1. The summed E-state index contributed by atoms with van der Waals surface area (Å²) in [6.07, 6.45) is 0.377. The van der Waals surface area contributed by atoms with Gasteiger partial charge in [0, 0.05) is 6.54 Å². The fraction of sp³-hybridized carbons (Fsp3) is 0.263. The Morgan fingerprint density at radius 1 is 1.00 bits per heavy atom. The van der Waals surface area contributed by atoms with Crippen molar-refractivity contribution in [2.75, 3.05) is 5.32 Å². The molecular formula is C19H18F2N2O2. The number of hydrogen-bond donors (Lipinski definition) is 2. The molecule has 6 heteroatoms. The zero-order valence-corrected chi connectivity index (χ0v) is 13.7. The molecule has 2 atom stereocenters. The molecule has 2 unspecified atom stereocenters. The van der Waals surface area contributed by atoms with Crippen LogP contribution in [0.5, 0.6) is 0 Å². The lowest BCUT2D eigenvalue weighted by molar-refractivity contribution is -0.125. The zero-order valence-electron chi connectivity index (χ0n) is 13.7. The van der Waals surface area contributed by atoms with Crippen molar-refractivity contribution in [2.45, 2.75) is 19.9 Å². The van der Waals surface area contributed by atoms with Gasteiger partial charge in [0.05, 0.1) is 11.8 Å². The molecule has 0 aromatic heterocycles. The third-order valence-corrected chi connectivity index (χ3v) is 4.26. The lowest BCUT2D eigenvalue weighted by Gasteiger charge is -2.08. The molecule has 0 spiro atoms. The predicted molar refractivity (Wildman–Crippen MR) is 89.6 cm³/mol. The van der Waals surface area contributed by atoms with Crippen molar-refractivity contribution in [1.82, 2.24) is 5.32 Å². The highest BCUT2D eigenvalue weighted by Crippen LogP contribution is 2.39. The van der Waals surface area contributed by atoms with Crippen LogP contribution < -0.4 is 10.6 Å². The van der Waals surface area contributed by atoms with E-state index in [1.165, 1.54) is 6.07 Å². The molecule has 1 fully saturated rings. The maximum Gasteiger partial charge on any atom is 0.228 e. The predicted octanol–water partition coefficient (Wildman–Crippen LogP) is 3.16. The molecule has 0 heterocycles. The van der Waals surface area contributed by atoms with Gasteiger partial charge in [-0.05, 0) is 31.0 Å². The Morgan fingerprint density at radius 3 is 2.24 bits per heavy atom. The van der Waals surface area contributed by atoms with Gasteiger partial charge in [-0.3, -0.25) is 9.59 Å². The number of rotatable bonds is 5. The van der Waals surface area contributed by atoms with Gasteiger partial charge in [-0.15, -0.1) is 0 Å². The first-order chi connectivity index (χ1) is 12.0. The van der Waals surface area contributed by atoms with Crippen LogP contribution >= 0.6 is 0 Å². The van der Waals surface area contributed by atoms with E-state index >= 15 is 0 Å². The maximum absolute atomic E-state index is 13.6. The van der Waals surface area contributed by atoms with E-state index in [-0.39, 0.29) is 5.91 Å². The van der Waals surface area contributed by atoms with E-state index in [9.17, 15) is 18.4 Å². The highest BCUT2D eigenvalue weighted by molar-refractivity contribution is 5.99. The minimum Gasteiger partial charge on any atom is -0.352 e. The smallest absolute Gasteiger partial charge is 0.228 e. The summed E-state index contributed by atoms with van der Waals surface area (Å²) >= 11 is 0. The third-order valence-electron chi connectivity index (χ3n) is 4.26. The molecule has 3 rings (SSSR count). The van der Waals surface area contributed by atoms with Crippen molar-refractivity contribution in [3.05, 3.63) is 65.2 Å². The monoisotopic (exact) mass is 344 g/mol. The standard InChI is InChI=1S/C19H18F2N2O2/c1-11-5-7-12(8-6-11)10-22-18(24)13-9-14(13)19(25)23-17-15(20)3-2-4-16(17)21/h2-8,13-14H,9-10H2,1H3,(H,22,24)(H,23,25). The average molecular weight is 344 g/mol. The first-order valence-electron chi connectivity index (χ1n) is 8.04. The molecule has 1 aliphatic rings. The Bertz CT molecular complexity index is 785. The highest BCUT2D eigenvalue weighted by atomic mass is 19.1. The number of anilines is 1. The summed E-state index contributed by atoms with van der Waals surface area (Å²) in [5.74, 6) is -3.46. The molecule has 1 saturated carbocycles. The van der Waals surface area contributed by atoms with Crippen molar-refractivity contribution in [3.63, 3.8) is 0 Å². The Morgan fingerprint density at radius 2 is 1.60 bits per heavy atom. The third kappa shape index (κ3) is 4.02. The van der Waals surface area contributed by atoms with E-state index in [2.05, 4.69) is 10.6 Å². The molecule has 0 bridgehead atoms. The van der Waals surface area contributed by atoms with Gasteiger partial charge in [0.15, 0.2) is 0 Å². The minimum absolute atomic E-state index is 0.227. The number of nitrogens with one attached hydrogen (secondary N) is 2. The van der Waals surface area contributed by atoms with Gasteiger partial charge in [0.2, 0.25) is 11.8 Å². The van der Waals surface area contributed by atoms with Gasteiger partial charge in [-0.2, -0.15) is 0 Å². The summed E-state index contributed by atoms with van der Waals surface area (Å²) in [5, 5.41) is 5.02. The second-order valence-electron chi connectivity index (χ2n) is 6.24. The molecule has 0 aliphatic heterocycles. The average Bonchev–Trinajstić information content (AvgIpc) is 3.38.